The molecule has 1 aromatic heterocycles. The summed E-state index contributed by atoms with van der Waals surface area (Å²) < 4.78 is 0. The van der Waals surface area contributed by atoms with Crippen LogP contribution in [0.15, 0.2) is 24.4 Å². The third kappa shape index (κ3) is 2.57. The first-order chi connectivity index (χ1) is 8.08. The largest absolute Gasteiger partial charge is 0.361 e. The van der Waals surface area contributed by atoms with E-state index in [9.17, 15) is 4.79 Å². The number of aryl methyl sites for hydroxylation is 1. The number of hydrogen-bond donors (Lipinski definition) is 1. The minimum atomic E-state index is 0.249. The minimum absolute atomic E-state index is 0.249. The van der Waals surface area contributed by atoms with E-state index in [0.717, 1.165) is 11.9 Å². The Morgan fingerprint density at radius 3 is 2.76 bits per heavy atom. The molecule has 2 nitrogen and oxygen atoms in total. The Balaban J connectivity index is 2.36. The number of hydrogen-bond acceptors (Lipinski definition) is 1. The zero-order chi connectivity index (χ0) is 12.4. The summed E-state index contributed by atoms with van der Waals surface area (Å²) in [5.41, 5.74) is 3.76. The van der Waals surface area contributed by atoms with Crippen LogP contribution in [-0.2, 0) is 11.2 Å². The summed E-state index contributed by atoms with van der Waals surface area (Å²) in [5.74, 6) is 0.786. The topological polar surface area (TPSA) is 32.9 Å². The molecule has 0 bridgehead atoms. The molecule has 1 N–H and O–H groups in total. The van der Waals surface area contributed by atoms with Gasteiger partial charge in [0.1, 0.15) is 5.78 Å². The first-order valence-electron chi connectivity index (χ1n) is 6.17. The van der Waals surface area contributed by atoms with Crippen LogP contribution in [0.2, 0.25) is 0 Å². The molecule has 2 rings (SSSR count). The molecule has 0 saturated carbocycles. The van der Waals surface area contributed by atoms with Gasteiger partial charge in [0.05, 0.1) is 0 Å². The SMILES string of the molecule is CC(=O)CCc1c[nH]c2ccc(C(C)C)cc12. The summed E-state index contributed by atoms with van der Waals surface area (Å²) in [4.78, 5) is 14.3. The molecule has 0 aliphatic carbocycles. The van der Waals surface area contributed by atoms with Crippen molar-refractivity contribution < 1.29 is 4.79 Å². The van der Waals surface area contributed by atoms with Crippen molar-refractivity contribution in [1.29, 1.82) is 0 Å². The van der Waals surface area contributed by atoms with Crippen LogP contribution in [0, 0.1) is 0 Å². The van der Waals surface area contributed by atoms with E-state index in [4.69, 9.17) is 0 Å². The smallest absolute Gasteiger partial charge is 0.130 e. The molecule has 1 aromatic carbocycles. The van der Waals surface area contributed by atoms with Gasteiger partial charge in [-0.2, -0.15) is 0 Å². The monoisotopic (exact) mass is 229 g/mol. The standard InChI is InChI=1S/C15H19NO/c1-10(2)12-6-7-15-14(8-12)13(9-16-15)5-4-11(3)17/h6-10,16H,4-5H2,1-3H3. The van der Waals surface area contributed by atoms with Gasteiger partial charge in [-0.15, -0.1) is 0 Å². The number of H-pyrrole nitrogens is 1. The summed E-state index contributed by atoms with van der Waals surface area (Å²) in [6.07, 6.45) is 3.48. The quantitative estimate of drug-likeness (QED) is 0.849. The van der Waals surface area contributed by atoms with E-state index in [1.54, 1.807) is 6.92 Å². The number of carbonyl (C=O) groups excluding carboxylic acids is 1. The van der Waals surface area contributed by atoms with E-state index < -0.39 is 0 Å². The van der Waals surface area contributed by atoms with Crippen molar-refractivity contribution in [3.63, 3.8) is 0 Å². The number of ketones is 1. The maximum atomic E-state index is 11.0. The Bertz CT molecular complexity index is 537. The van der Waals surface area contributed by atoms with Gasteiger partial charge >= 0.3 is 0 Å². The third-order valence-corrected chi connectivity index (χ3v) is 3.20. The lowest BCUT2D eigenvalue weighted by Gasteiger charge is -2.05. The number of carbonyl (C=O) groups is 1. The van der Waals surface area contributed by atoms with Crippen LogP contribution in [0.5, 0.6) is 0 Å². The highest BCUT2D eigenvalue weighted by molar-refractivity contribution is 5.85. The highest BCUT2D eigenvalue weighted by Crippen LogP contribution is 2.24. The molecule has 17 heavy (non-hydrogen) atoms. The van der Waals surface area contributed by atoms with E-state index in [-0.39, 0.29) is 5.78 Å². The van der Waals surface area contributed by atoms with Crippen LogP contribution in [0.25, 0.3) is 10.9 Å². The molecule has 0 fully saturated rings. The molecule has 0 saturated heterocycles. The molecule has 90 valence electrons. The second kappa shape index (κ2) is 4.74. The predicted octanol–water partition coefficient (Wildman–Crippen LogP) is 3.81. The molecule has 1 heterocycles. The fourth-order valence-corrected chi connectivity index (χ4v) is 2.07. The first kappa shape index (κ1) is 11.9. The number of nitrogens with one attached hydrogen (secondary N) is 1. The van der Waals surface area contributed by atoms with Gasteiger partial charge in [-0.1, -0.05) is 19.9 Å². The molecule has 0 radical (unpaired) electrons. The van der Waals surface area contributed by atoms with Crippen molar-refractivity contribution >= 4 is 16.7 Å². The summed E-state index contributed by atoms with van der Waals surface area (Å²) in [5, 5.41) is 1.26. The highest BCUT2D eigenvalue weighted by atomic mass is 16.1. The van der Waals surface area contributed by atoms with Crippen LogP contribution in [0.3, 0.4) is 0 Å². The fourth-order valence-electron chi connectivity index (χ4n) is 2.07. The highest BCUT2D eigenvalue weighted by Gasteiger charge is 2.07. The lowest BCUT2D eigenvalue weighted by Crippen LogP contribution is -1.93. The van der Waals surface area contributed by atoms with Gasteiger partial charge in [0, 0.05) is 23.5 Å². The van der Waals surface area contributed by atoms with Gasteiger partial charge in [0.25, 0.3) is 0 Å². The van der Waals surface area contributed by atoms with E-state index in [1.807, 2.05) is 6.20 Å². The van der Waals surface area contributed by atoms with E-state index >= 15 is 0 Å². The fraction of sp³-hybridized carbons (Fsp3) is 0.400. The number of aromatic amines is 1. The Morgan fingerprint density at radius 1 is 1.35 bits per heavy atom. The Hall–Kier alpha value is -1.57. The number of Topliss-reactive ketones (excluding diaryl/α,β-unsaturated/α-hetero) is 1. The zero-order valence-corrected chi connectivity index (χ0v) is 10.7. The molecular formula is C15H19NO. The van der Waals surface area contributed by atoms with Gasteiger partial charge in [-0.25, -0.2) is 0 Å². The Labute approximate surface area is 102 Å². The molecule has 0 aliphatic heterocycles. The van der Waals surface area contributed by atoms with Gasteiger partial charge in [0.2, 0.25) is 0 Å². The zero-order valence-electron chi connectivity index (χ0n) is 10.7. The van der Waals surface area contributed by atoms with Crippen molar-refractivity contribution in [3.8, 4) is 0 Å². The molecule has 0 atom stereocenters. The summed E-state index contributed by atoms with van der Waals surface area (Å²) in [6.45, 7) is 6.04. The molecule has 0 unspecified atom stereocenters. The average molecular weight is 229 g/mol. The maximum Gasteiger partial charge on any atom is 0.130 e. The number of aromatic nitrogens is 1. The first-order valence-corrected chi connectivity index (χ1v) is 6.17. The molecule has 0 spiro atoms. The number of benzene rings is 1. The van der Waals surface area contributed by atoms with Gasteiger partial charge in [-0.05, 0) is 42.5 Å². The van der Waals surface area contributed by atoms with E-state index in [2.05, 4.69) is 37.0 Å². The lowest BCUT2D eigenvalue weighted by molar-refractivity contribution is -0.116. The van der Waals surface area contributed by atoms with Crippen molar-refractivity contribution in [3.05, 3.63) is 35.5 Å². The molecular weight excluding hydrogens is 210 g/mol. The van der Waals surface area contributed by atoms with Crippen LogP contribution in [0.1, 0.15) is 44.2 Å². The lowest BCUT2D eigenvalue weighted by atomic mass is 9.99. The minimum Gasteiger partial charge on any atom is -0.361 e. The molecule has 0 aliphatic rings. The van der Waals surface area contributed by atoms with Crippen molar-refractivity contribution in [2.75, 3.05) is 0 Å². The third-order valence-electron chi connectivity index (χ3n) is 3.20. The Kier molecular flexibility index (Phi) is 3.32. The van der Waals surface area contributed by atoms with E-state index in [1.165, 1.54) is 16.5 Å². The van der Waals surface area contributed by atoms with Crippen molar-refractivity contribution in [1.82, 2.24) is 4.98 Å². The van der Waals surface area contributed by atoms with Crippen LogP contribution in [-0.4, -0.2) is 10.8 Å². The number of rotatable bonds is 4. The predicted molar refractivity (Wildman–Crippen MR) is 71.4 cm³/mol. The van der Waals surface area contributed by atoms with Crippen LogP contribution < -0.4 is 0 Å². The Morgan fingerprint density at radius 2 is 2.12 bits per heavy atom. The molecule has 0 amide bonds. The summed E-state index contributed by atoms with van der Waals surface area (Å²) in [6, 6.07) is 6.53. The normalized spacial score (nSPS) is 11.3. The van der Waals surface area contributed by atoms with Gasteiger partial charge < -0.3 is 9.78 Å². The maximum absolute atomic E-state index is 11.0. The van der Waals surface area contributed by atoms with Crippen LogP contribution in [0.4, 0.5) is 0 Å². The molecule has 2 heteroatoms. The average Bonchev–Trinajstić information content (AvgIpc) is 2.68. The second-order valence-corrected chi connectivity index (χ2v) is 4.98. The van der Waals surface area contributed by atoms with Crippen molar-refractivity contribution in [2.24, 2.45) is 0 Å². The van der Waals surface area contributed by atoms with Gasteiger partial charge in [0.15, 0.2) is 0 Å². The second-order valence-electron chi connectivity index (χ2n) is 4.98. The molecule has 2 aromatic rings. The van der Waals surface area contributed by atoms with Crippen molar-refractivity contribution in [2.45, 2.75) is 39.5 Å². The number of fused-ring (bicyclic) bond motifs is 1. The van der Waals surface area contributed by atoms with Crippen LogP contribution >= 0.6 is 0 Å². The summed E-state index contributed by atoms with van der Waals surface area (Å²) >= 11 is 0. The van der Waals surface area contributed by atoms with Gasteiger partial charge in [-0.3, -0.25) is 0 Å². The van der Waals surface area contributed by atoms with E-state index in [0.29, 0.717) is 12.3 Å². The summed E-state index contributed by atoms with van der Waals surface area (Å²) in [7, 11) is 0.